The van der Waals surface area contributed by atoms with Gasteiger partial charge in [0.15, 0.2) is 0 Å². The van der Waals surface area contributed by atoms with Crippen LogP contribution in [-0.4, -0.2) is 34.2 Å². The Labute approximate surface area is 144 Å². The Morgan fingerprint density at radius 3 is 1.64 bits per heavy atom. The van der Waals surface area contributed by atoms with Crippen molar-refractivity contribution in [3.63, 3.8) is 0 Å². The molecular weight excluding hydrogens is 320 g/mol. The quantitative estimate of drug-likeness (QED) is 0.598. The number of carbonyl (C=O) groups excluding carboxylic acids is 2. The molecule has 8 nitrogen and oxygen atoms in total. The lowest BCUT2D eigenvalue weighted by Crippen LogP contribution is -2.25. The SMILES string of the molecule is O=C(N/N=C\c1ccncc1)[C@@H]1C[C@H]1C(=O)N/N=C\c1ccncc1. The minimum Gasteiger partial charge on any atom is -0.273 e. The molecule has 2 atom stereocenters. The molecule has 2 amide bonds. The Hall–Kier alpha value is -3.42. The molecule has 0 unspecified atom stereocenters. The van der Waals surface area contributed by atoms with Gasteiger partial charge in [-0.1, -0.05) is 0 Å². The van der Waals surface area contributed by atoms with Gasteiger partial charge in [0, 0.05) is 24.8 Å². The highest BCUT2D eigenvalue weighted by molar-refractivity contribution is 5.93. The van der Waals surface area contributed by atoms with Crippen LogP contribution in [0.15, 0.2) is 59.3 Å². The van der Waals surface area contributed by atoms with Crippen LogP contribution in [0.2, 0.25) is 0 Å². The van der Waals surface area contributed by atoms with Crippen LogP contribution in [0, 0.1) is 11.8 Å². The van der Waals surface area contributed by atoms with Crippen LogP contribution in [0.5, 0.6) is 0 Å². The molecule has 0 saturated heterocycles. The highest BCUT2D eigenvalue weighted by Gasteiger charge is 2.48. The summed E-state index contributed by atoms with van der Waals surface area (Å²) >= 11 is 0. The van der Waals surface area contributed by atoms with Gasteiger partial charge in [0.25, 0.3) is 0 Å². The molecule has 0 bridgehead atoms. The van der Waals surface area contributed by atoms with E-state index in [4.69, 9.17) is 0 Å². The van der Waals surface area contributed by atoms with Gasteiger partial charge in [-0.05, 0) is 41.8 Å². The van der Waals surface area contributed by atoms with Gasteiger partial charge in [-0.3, -0.25) is 19.6 Å². The fourth-order valence-electron chi connectivity index (χ4n) is 2.18. The van der Waals surface area contributed by atoms with Gasteiger partial charge in [0.2, 0.25) is 11.8 Å². The molecule has 2 heterocycles. The maximum Gasteiger partial charge on any atom is 0.244 e. The minimum absolute atomic E-state index is 0.274. The van der Waals surface area contributed by atoms with Crippen LogP contribution in [0.4, 0.5) is 0 Å². The molecular formula is C17H16N6O2. The van der Waals surface area contributed by atoms with E-state index in [1.54, 1.807) is 49.1 Å². The van der Waals surface area contributed by atoms with Crippen molar-refractivity contribution in [1.29, 1.82) is 0 Å². The highest BCUT2D eigenvalue weighted by atomic mass is 16.2. The Balaban J connectivity index is 1.42. The molecule has 1 aliphatic rings. The summed E-state index contributed by atoms with van der Waals surface area (Å²) in [4.78, 5) is 31.7. The summed E-state index contributed by atoms with van der Waals surface area (Å²) in [6, 6.07) is 7.07. The van der Waals surface area contributed by atoms with E-state index < -0.39 is 0 Å². The first kappa shape index (κ1) is 16.4. The van der Waals surface area contributed by atoms with Gasteiger partial charge < -0.3 is 0 Å². The van der Waals surface area contributed by atoms with Crippen LogP contribution < -0.4 is 10.9 Å². The van der Waals surface area contributed by atoms with Crippen molar-refractivity contribution in [3.8, 4) is 0 Å². The smallest absolute Gasteiger partial charge is 0.244 e. The zero-order chi connectivity index (χ0) is 17.5. The lowest BCUT2D eigenvalue weighted by Gasteiger charge is -1.99. The first-order valence-corrected chi connectivity index (χ1v) is 7.70. The molecule has 0 radical (unpaired) electrons. The molecule has 1 fully saturated rings. The van der Waals surface area contributed by atoms with E-state index in [1.807, 2.05) is 0 Å². The van der Waals surface area contributed by atoms with Gasteiger partial charge in [-0.25, -0.2) is 10.9 Å². The topological polar surface area (TPSA) is 109 Å². The van der Waals surface area contributed by atoms with Crippen LogP contribution in [0.3, 0.4) is 0 Å². The zero-order valence-corrected chi connectivity index (χ0v) is 13.2. The second-order valence-corrected chi connectivity index (χ2v) is 5.48. The molecule has 126 valence electrons. The second kappa shape index (κ2) is 7.91. The van der Waals surface area contributed by atoms with Crippen molar-refractivity contribution in [1.82, 2.24) is 20.8 Å². The number of hydrazone groups is 2. The molecule has 0 aliphatic heterocycles. The minimum atomic E-state index is -0.370. The van der Waals surface area contributed by atoms with Crippen molar-refractivity contribution in [3.05, 3.63) is 60.2 Å². The average Bonchev–Trinajstić information content (AvgIpc) is 3.44. The van der Waals surface area contributed by atoms with Crippen LogP contribution in [0.25, 0.3) is 0 Å². The predicted octanol–water partition coefficient (Wildman–Crippen LogP) is 0.713. The summed E-state index contributed by atoms with van der Waals surface area (Å²) in [5.41, 5.74) is 6.54. The standard InChI is InChI=1S/C17H16N6O2/c24-16(22-20-10-12-1-5-18-6-2-12)14-9-15(14)17(25)23-21-11-13-3-7-19-8-4-13/h1-8,10-11,14-15H,9H2,(H,22,24)(H,23,25)/b20-10-,21-11-/t14-,15-/m1/s1. The Morgan fingerprint density at radius 2 is 1.24 bits per heavy atom. The summed E-state index contributed by atoms with van der Waals surface area (Å²) in [6.45, 7) is 0. The highest BCUT2D eigenvalue weighted by Crippen LogP contribution is 2.38. The summed E-state index contributed by atoms with van der Waals surface area (Å²) < 4.78 is 0. The number of aromatic nitrogens is 2. The maximum absolute atomic E-state index is 11.9. The lowest BCUT2D eigenvalue weighted by atomic mass is 10.3. The number of carbonyl (C=O) groups is 2. The van der Waals surface area contributed by atoms with Crippen molar-refractivity contribution < 1.29 is 9.59 Å². The molecule has 8 heteroatoms. The van der Waals surface area contributed by atoms with Crippen LogP contribution in [0.1, 0.15) is 17.5 Å². The number of pyridine rings is 2. The molecule has 25 heavy (non-hydrogen) atoms. The molecule has 1 aliphatic carbocycles. The van der Waals surface area contributed by atoms with E-state index in [0.717, 1.165) is 11.1 Å². The molecule has 0 aromatic carbocycles. The van der Waals surface area contributed by atoms with Crippen molar-refractivity contribution in [2.45, 2.75) is 6.42 Å². The molecule has 2 aromatic heterocycles. The fourth-order valence-corrected chi connectivity index (χ4v) is 2.18. The van der Waals surface area contributed by atoms with Crippen molar-refractivity contribution in [2.24, 2.45) is 22.0 Å². The molecule has 2 N–H and O–H groups in total. The number of hydrogen-bond acceptors (Lipinski definition) is 6. The third kappa shape index (κ3) is 4.77. The Kier molecular flexibility index (Phi) is 5.20. The monoisotopic (exact) mass is 336 g/mol. The zero-order valence-electron chi connectivity index (χ0n) is 13.2. The molecule has 1 saturated carbocycles. The third-order valence-corrected chi connectivity index (χ3v) is 3.65. The van der Waals surface area contributed by atoms with Gasteiger partial charge in [-0.15, -0.1) is 0 Å². The van der Waals surface area contributed by atoms with E-state index in [0.29, 0.717) is 6.42 Å². The molecule has 0 spiro atoms. The average molecular weight is 336 g/mol. The Morgan fingerprint density at radius 1 is 0.840 bits per heavy atom. The second-order valence-electron chi connectivity index (χ2n) is 5.48. The maximum atomic E-state index is 11.9. The van der Waals surface area contributed by atoms with E-state index in [-0.39, 0.29) is 23.7 Å². The van der Waals surface area contributed by atoms with Crippen LogP contribution in [-0.2, 0) is 9.59 Å². The normalized spacial score (nSPS) is 19.0. The number of rotatable bonds is 6. The van der Waals surface area contributed by atoms with E-state index in [9.17, 15) is 9.59 Å². The first-order chi connectivity index (χ1) is 12.2. The summed E-state index contributed by atoms with van der Waals surface area (Å²) in [7, 11) is 0. The summed E-state index contributed by atoms with van der Waals surface area (Å²) in [5.74, 6) is -1.29. The van der Waals surface area contributed by atoms with Crippen molar-refractivity contribution in [2.75, 3.05) is 0 Å². The fraction of sp³-hybridized carbons (Fsp3) is 0.176. The largest absolute Gasteiger partial charge is 0.273 e. The van der Waals surface area contributed by atoms with Gasteiger partial charge in [0.1, 0.15) is 0 Å². The number of nitrogens with one attached hydrogen (secondary N) is 2. The first-order valence-electron chi connectivity index (χ1n) is 7.70. The van der Waals surface area contributed by atoms with E-state index in [1.165, 1.54) is 12.4 Å². The number of amides is 2. The van der Waals surface area contributed by atoms with Gasteiger partial charge in [-0.2, -0.15) is 10.2 Å². The molecule has 2 aromatic rings. The summed E-state index contributed by atoms with van der Waals surface area (Å²) in [5, 5.41) is 7.76. The number of nitrogens with zero attached hydrogens (tertiary/aromatic N) is 4. The van der Waals surface area contributed by atoms with Gasteiger partial charge >= 0.3 is 0 Å². The van der Waals surface area contributed by atoms with E-state index >= 15 is 0 Å². The van der Waals surface area contributed by atoms with E-state index in [2.05, 4.69) is 31.0 Å². The molecule has 3 rings (SSSR count). The van der Waals surface area contributed by atoms with Crippen LogP contribution >= 0.6 is 0 Å². The predicted molar refractivity (Wildman–Crippen MR) is 91.5 cm³/mol. The lowest BCUT2D eigenvalue weighted by molar-refractivity contribution is -0.127. The summed E-state index contributed by atoms with van der Waals surface area (Å²) in [6.07, 6.45) is 10.1. The number of hydrogen-bond donors (Lipinski definition) is 2. The van der Waals surface area contributed by atoms with Crippen molar-refractivity contribution >= 4 is 24.2 Å². The Bertz CT molecular complexity index is 724. The van der Waals surface area contributed by atoms with Gasteiger partial charge in [0.05, 0.1) is 24.3 Å². The third-order valence-electron chi connectivity index (χ3n) is 3.65.